The summed E-state index contributed by atoms with van der Waals surface area (Å²) in [6.07, 6.45) is 5.67. The summed E-state index contributed by atoms with van der Waals surface area (Å²) in [4.78, 5) is 6.87. The highest BCUT2D eigenvalue weighted by Crippen LogP contribution is 2.30. The van der Waals surface area contributed by atoms with Crippen LogP contribution in [0.1, 0.15) is 38.8 Å². The minimum Gasteiger partial charge on any atom is -0.297 e. The van der Waals surface area contributed by atoms with Gasteiger partial charge in [0.05, 0.1) is 5.69 Å². The number of aromatic nitrogens is 1. The van der Waals surface area contributed by atoms with Crippen LogP contribution >= 0.6 is 11.6 Å². The predicted molar refractivity (Wildman–Crippen MR) is 72.2 cm³/mol. The van der Waals surface area contributed by atoms with Crippen molar-refractivity contribution in [2.45, 2.75) is 39.7 Å². The fraction of sp³-hybridized carbons (Fsp3) is 0.643. The van der Waals surface area contributed by atoms with Gasteiger partial charge in [0.15, 0.2) is 0 Å². The van der Waals surface area contributed by atoms with Crippen molar-refractivity contribution in [1.82, 2.24) is 9.88 Å². The Morgan fingerprint density at radius 2 is 2.18 bits per heavy atom. The third-order valence-corrected chi connectivity index (χ3v) is 3.83. The molecule has 0 unspecified atom stereocenters. The van der Waals surface area contributed by atoms with Crippen molar-refractivity contribution in [1.29, 1.82) is 0 Å². The van der Waals surface area contributed by atoms with Crippen LogP contribution in [0, 0.1) is 5.41 Å². The van der Waals surface area contributed by atoms with Gasteiger partial charge in [0.1, 0.15) is 0 Å². The van der Waals surface area contributed by atoms with Gasteiger partial charge in [-0.1, -0.05) is 25.4 Å². The molecule has 0 radical (unpaired) electrons. The van der Waals surface area contributed by atoms with Crippen molar-refractivity contribution >= 4 is 11.6 Å². The summed E-state index contributed by atoms with van der Waals surface area (Å²) in [6, 6.07) is 3.80. The molecule has 3 heteroatoms. The highest BCUT2D eigenvalue weighted by Gasteiger charge is 2.23. The van der Waals surface area contributed by atoms with Crippen LogP contribution in [0.15, 0.2) is 18.3 Å². The van der Waals surface area contributed by atoms with Gasteiger partial charge >= 0.3 is 0 Å². The van der Waals surface area contributed by atoms with Gasteiger partial charge < -0.3 is 0 Å². The van der Waals surface area contributed by atoms with Crippen molar-refractivity contribution in [2.75, 3.05) is 13.1 Å². The normalized spacial score (nSPS) is 21.1. The first-order valence-electron chi connectivity index (χ1n) is 6.38. The lowest BCUT2D eigenvalue weighted by Gasteiger charge is -2.23. The molecule has 0 N–H and O–H groups in total. The van der Waals surface area contributed by atoms with Crippen LogP contribution in [-0.2, 0) is 6.54 Å². The molecule has 2 nitrogen and oxygen atoms in total. The molecule has 0 aliphatic carbocycles. The van der Waals surface area contributed by atoms with E-state index in [1.54, 1.807) is 6.20 Å². The van der Waals surface area contributed by atoms with Crippen molar-refractivity contribution in [3.63, 3.8) is 0 Å². The molecule has 1 aliphatic heterocycles. The molecule has 17 heavy (non-hydrogen) atoms. The molecular weight excluding hydrogens is 232 g/mol. The first-order chi connectivity index (χ1) is 8.05. The lowest BCUT2D eigenvalue weighted by atomic mass is 9.85. The highest BCUT2D eigenvalue weighted by molar-refractivity contribution is 6.30. The molecule has 1 fully saturated rings. The fourth-order valence-corrected chi connectivity index (χ4v) is 2.58. The van der Waals surface area contributed by atoms with Crippen LogP contribution < -0.4 is 0 Å². The second-order valence-electron chi connectivity index (χ2n) is 5.76. The van der Waals surface area contributed by atoms with Crippen LogP contribution in [0.4, 0.5) is 0 Å². The molecule has 0 saturated carbocycles. The quantitative estimate of drug-likeness (QED) is 0.797. The van der Waals surface area contributed by atoms with Crippen LogP contribution in [-0.4, -0.2) is 23.0 Å². The van der Waals surface area contributed by atoms with E-state index in [-0.39, 0.29) is 0 Å². The Bertz CT molecular complexity index is 376. The smallest absolute Gasteiger partial charge is 0.0558 e. The Morgan fingerprint density at radius 1 is 1.35 bits per heavy atom. The Balaban J connectivity index is 1.95. The van der Waals surface area contributed by atoms with Crippen molar-refractivity contribution < 1.29 is 0 Å². The zero-order chi connectivity index (χ0) is 12.3. The van der Waals surface area contributed by atoms with E-state index < -0.39 is 0 Å². The average Bonchev–Trinajstić information content (AvgIpc) is 2.41. The topological polar surface area (TPSA) is 16.1 Å². The van der Waals surface area contributed by atoms with E-state index in [2.05, 4.69) is 23.7 Å². The fourth-order valence-electron chi connectivity index (χ4n) is 2.40. The molecule has 94 valence electrons. The largest absolute Gasteiger partial charge is 0.297 e. The lowest BCUT2D eigenvalue weighted by molar-refractivity contribution is 0.253. The standard InChI is InChI=1S/C14H21ClN2/c1-14(2)5-3-8-17(9-6-14)11-13-10-12(15)4-7-16-13/h4,7,10H,3,5-6,8-9,11H2,1-2H3. The number of hydrogen-bond donors (Lipinski definition) is 0. The van der Waals surface area contributed by atoms with Crippen LogP contribution in [0.25, 0.3) is 0 Å². The summed E-state index contributed by atoms with van der Waals surface area (Å²) >= 11 is 5.98. The molecule has 1 aliphatic rings. The van der Waals surface area contributed by atoms with E-state index in [1.807, 2.05) is 12.1 Å². The first kappa shape index (κ1) is 12.8. The van der Waals surface area contributed by atoms with Gasteiger partial charge in [0.2, 0.25) is 0 Å². The van der Waals surface area contributed by atoms with E-state index in [0.29, 0.717) is 5.41 Å². The van der Waals surface area contributed by atoms with Crippen LogP contribution in [0.2, 0.25) is 5.02 Å². The van der Waals surface area contributed by atoms with Gasteiger partial charge in [0, 0.05) is 17.8 Å². The zero-order valence-corrected chi connectivity index (χ0v) is 11.5. The summed E-state index contributed by atoms with van der Waals surface area (Å²) < 4.78 is 0. The van der Waals surface area contributed by atoms with Crippen LogP contribution in [0.3, 0.4) is 0 Å². The van der Waals surface area contributed by atoms with Gasteiger partial charge in [-0.2, -0.15) is 0 Å². The van der Waals surface area contributed by atoms with Gasteiger partial charge in [-0.15, -0.1) is 0 Å². The van der Waals surface area contributed by atoms with E-state index in [1.165, 1.54) is 32.4 Å². The number of hydrogen-bond acceptors (Lipinski definition) is 2. The third-order valence-electron chi connectivity index (χ3n) is 3.60. The Morgan fingerprint density at radius 3 is 2.94 bits per heavy atom. The predicted octanol–water partition coefficient (Wildman–Crippen LogP) is 3.75. The number of nitrogens with zero attached hydrogens (tertiary/aromatic N) is 2. The average molecular weight is 253 g/mol. The molecule has 0 bridgehead atoms. The SMILES string of the molecule is CC1(C)CCCN(Cc2cc(Cl)ccn2)CC1. The minimum atomic E-state index is 0.497. The second-order valence-corrected chi connectivity index (χ2v) is 6.20. The van der Waals surface area contributed by atoms with Gasteiger partial charge in [-0.25, -0.2) is 0 Å². The Kier molecular flexibility index (Phi) is 4.05. The molecule has 2 rings (SSSR count). The van der Waals surface area contributed by atoms with E-state index >= 15 is 0 Å². The zero-order valence-electron chi connectivity index (χ0n) is 10.7. The van der Waals surface area contributed by atoms with E-state index in [9.17, 15) is 0 Å². The van der Waals surface area contributed by atoms with Crippen LogP contribution in [0.5, 0.6) is 0 Å². The second kappa shape index (κ2) is 5.36. The Labute approximate surface area is 109 Å². The maximum atomic E-state index is 5.98. The number of halogens is 1. The number of likely N-dealkylation sites (tertiary alicyclic amines) is 1. The van der Waals surface area contributed by atoms with Gasteiger partial charge in [-0.3, -0.25) is 9.88 Å². The monoisotopic (exact) mass is 252 g/mol. The summed E-state index contributed by atoms with van der Waals surface area (Å²) in [5, 5.41) is 0.783. The molecule has 0 aromatic carbocycles. The maximum absolute atomic E-state index is 5.98. The molecule has 1 saturated heterocycles. The van der Waals surface area contributed by atoms with Crippen molar-refractivity contribution in [3.05, 3.63) is 29.0 Å². The summed E-state index contributed by atoms with van der Waals surface area (Å²) in [7, 11) is 0. The summed E-state index contributed by atoms with van der Waals surface area (Å²) in [5.41, 5.74) is 1.58. The van der Waals surface area contributed by atoms with Crippen molar-refractivity contribution in [2.24, 2.45) is 5.41 Å². The summed E-state index contributed by atoms with van der Waals surface area (Å²) in [6.45, 7) is 8.01. The highest BCUT2D eigenvalue weighted by atomic mass is 35.5. The molecule has 0 amide bonds. The van der Waals surface area contributed by atoms with E-state index in [4.69, 9.17) is 11.6 Å². The molecule has 2 heterocycles. The minimum absolute atomic E-state index is 0.497. The van der Waals surface area contributed by atoms with Gasteiger partial charge in [0.25, 0.3) is 0 Å². The molecule has 0 spiro atoms. The van der Waals surface area contributed by atoms with Gasteiger partial charge in [-0.05, 0) is 49.9 Å². The van der Waals surface area contributed by atoms with E-state index in [0.717, 1.165) is 17.3 Å². The number of rotatable bonds is 2. The molecule has 1 aromatic rings. The first-order valence-corrected chi connectivity index (χ1v) is 6.76. The third kappa shape index (κ3) is 3.97. The Hall–Kier alpha value is -0.600. The number of pyridine rings is 1. The lowest BCUT2D eigenvalue weighted by Crippen LogP contribution is -2.25. The molecule has 0 atom stereocenters. The molecular formula is C14H21ClN2. The summed E-state index contributed by atoms with van der Waals surface area (Å²) in [5.74, 6) is 0. The van der Waals surface area contributed by atoms with Crippen molar-refractivity contribution in [3.8, 4) is 0 Å². The maximum Gasteiger partial charge on any atom is 0.0558 e. The molecule has 1 aromatic heterocycles.